The van der Waals surface area contributed by atoms with Crippen molar-refractivity contribution in [3.05, 3.63) is 24.3 Å². The van der Waals surface area contributed by atoms with Crippen molar-refractivity contribution in [3.63, 3.8) is 0 Å². The van der Waals surface area contributed by atoms with Crippen molar-refractivity contribution >= 4 is 12.4 Å². The summed E-state index contributed by atoms with van der Waals surface area (Å²) in [6, 6.07) is 6.70. The van der Waals surface area contributed by atoms with E-state index < -0.39 is 17.7 Å². The minimum Gasteiger partial charge on any atom is -0.497 e. The quantitative estimate of drug-likeness (QED) is 0.798. The molecule has 126 valence electrons. The maximum Gasteiger partial charge on any atom is 0.411 e. The van der Waals surface area contributed by atoms with E-state index in [4.69, 9.17) is 14.2 Å². The molecule has 23 heavy (non-hydrogen) atoms. The molecular formula is C17H23NO5. The van der Waals surface area contributed by atoms with Gasteiger partial charge in [-0.15, -0.1) is 0 Å². The number of aldehydes is 1. The third-order valence-corrected chi connectivity index (χ3v) is 3.43. The summed E-state index contributed by atoms with van der Waals surface area (Å²) < 4.78 is 16.4. The van der Waals surface area contributed by atoms with Gasteiger partial charge in [0.2, 0.25) is 0 Å². The molecule has 0 radical (unpaired) electrons. The van der Waals surface area contributed by atoms with Gasteiger partial charge in [0.05, 0.1) is 19.7 Å². The minimum atomic E-state index is -0.601. The molecule has 1 aromatic rings. The summed E-state index contributed by atoms with van der Waals surface area (Å²) in [6.45, 7) is 5.69. The molecule has 6 heteroatoms. The molecule has 1 saturated heterocycles. The molecule has 6 nitrogen and oxygen atoms in total. The fraction of sp³-hybridized carbons (Fsp3) is 0.529. The van der Waals surface area contributed by atoms with Crippen molar-refractivity contribution in [2.75, 3.05) is 13.7 Å². The highest BCUT2D eigenvalue weighted by atomic mass is 16.6. The normalized spacial score (nSPS) is 21.0. The van der Waals surface area contributed by atoms with Gasteiger partial charge >= 0.3 is 6.09 Å². The van der Waals surface area contributed by atoms with E-state index in [1.165, 1.54) is 4.90 Å². The average molecular weight is 321 g/mol. The number of ether oxygens (including phenoxy) is 3. The highest BCUT2D eigenvalue weighted by Crippen LogP contribution is 2.26. The predicted molar refractivity (Wildman–Crippen MR) is 84.8 cm³/mol. The van der Waals surface area contributed by atoms with E-state index in [0.29, 0.717) is 24.5 Å². The van der Waals surface area contributed by atoms with Crippen molar-refractivity contribution < 1.29 is 23.8 Å². The smallest absolute Gasteiger partial charge is 0.411 e. The fourth-order valence-corrected chi connectivity index (χ4v) is 2.44. The van der Waals surface area contributed by atoms with Crippen molar-refractivity contribution in [3.8, 4) is 11.5 Å². The predicted octanol–water partition coefficient (Wildman–Crippen LogP) is 2.65. The van der Waals surface area contributed by atoms with Crippen LogP contribution in [0.1, 0.15) is 27.2 Å². The molecule has 0 bridgehead atoms. The molecule has 0 spiro atoms. The van der Waals surface area contributed by atoms with Crippen LogP contribution in [0.5, 0.6) is 11.5 Å². The zero-order chi connectivity index (χ0) is 17.0. The summed E-state index contributed by atoms with van der Waals surface area (Å²) in [7, 11) is 1.58. The SMILES string of the molecule is COc1cccc(O[C@@H]2C[C@H](C=O)N(C(=O)OC(C)(C)C)C2)c1. The Hall–Kier alpha value is -2.24. The van der Waals surface area contributed by atoms with E-state index in [9.17, 15) is 9.59 Å². The Morgan fingerprint density at radius 1 is 1.30 bits per heavy atom. The van der Waals surface area contributed by atoms with Crippen molar-refractivity contribution in [2.24, 2.45) is 0 Å². The number of likely N-dealkylation sites (tertiary alicyclic amines) is 1. The number of nitrogens with zero attached hydrogens (tertiary/aromatic N) is 1. The van der Waals surface area contributed by atoms with Gasteiger partial charge in [-0.05, 0) is 32.9 Å². The van der Waals surface area contributed by atoms with Crippen LogP contribution < -0.4 is 9.47 Å². The molecule has 0 aromatic heterocycles. The number of benzene rings is 1. The Kier molecular flexibility index (Phi) is 5.13. The lowest BCUT2D eigenvalue weighted by atomic mass is 10.2. The molecule has 2 atom stereocenters. The Morgan fingerprint density at radius 2 is 2.00 bits per heavy atom. The molecular weight excluding hydrogens is 298 g/mol. The maximum absolute atomic E-state index is 12.2. The number of carbonyl (C=O) groups excluding carboxylic acids is 2. The molecule has 1 heterocycles. The minimum absolute atomic E-state index is 0.259. The zero-order valence-electron chi connectivity index (χ0n) is 13.9. The fourth-order valence-electron chi connectivity index (χ4n) is 2.44. The monoisotopic (exact) mass is 321 g/mol. The first kappa shape index (κ1) is 17.1. The number of rotatable bonds is 4. The molecule has 1 aliphatic rings. The van der Waals surface area contributed by atoms with Crippen LogP contribution in [0.3, 0.4) is 0 Å². The summed E-state index contributed by atoms with van der Waals surface area (Å²) in [6.07, 6.45) is 0.454. The average Bonchev–Trinajstić information content (AvgIpc) is 2.89. The summed E-state index contributed by atoms with van der Waals surface area (Å²) in [5.74, 6) is 1.33. The Balaban J connectivity index is 2.03. The van der Waals surface area contributed by atoms with Crippen LogP contribution in [-0.4, -0.2) is 48.7 Å². The van der Waals surface area contributed by atoms with Crippen LogP contribution in [0.15, 0.2) is 24.3 Å². The van der Waals surface area contributed by atoms with Crippen LogP contribution in [0, 0.1) is 0 Å². The van der Waals surface area contributed by atoms with Gasteiger partial charge in [0.25, 0.3) is 0 Å². The first-order chi connectivity index (χ1) is 10.8. The zero-order valence-corrected chi connectivity index (χ0v) is 13.9. The molecule has 2 rings (SSSR count). The lowest BCUT2D eigenvalue weighted by molar-refractivity contribution is -0.111. The summed E-state index contributed by atoms with van der Waals surface area (Å²) in [5, 5.41) is 0. The van der Waals surface area contributed by atoms with Gasteiger partial charge in [0.1, 0.15) is 29.5 Å². The van der Waals surface area contributed by atoms with Crippen molar-refractivity contribution in [2.45, 2.75) is 44.9 Å². The summed E-state index contributed by atoms with van der Waals surface area (Å²) in [4.78, 5) is 24.9. The second-order valence-electron chi connectivity index (χ2n) is 6.49. The van der Waals surface area contributed by atoms with Crippen LogP contribution >= 0.6 is 0 Å². The molecule has 1 aromatic carbocycles. The number of hydrogen-bond acceptors (Lipinski definition) is 5. The van der Waals surface area contributed by atoms with Crippen LogP contribution in [0.25, 0.3) is 0 Å². The molecule has 0 aliphatic carbocycles. The highest BCUT2D eigenvalue weighted by molar-refractivity contribution is 5.74. The second kappa shape index (κ2) is 6.89. The molecule has 0 saturated carbocycles. The van der Waals surface area contributed by atoms with Crippen LogP contribution in [0.2, 0.25) is 0 Å². The molecule has 1 aliphatic heterocycles. The van der Waals surface area contributed by atoms with Gasteiger partial charge in [-0.3, -0.25) is 4.90 Å². The van der Waals surface area contributed by atoms with Crippen molar-refractivity contribution in [1.29, 1.82) is 0 Å². The summed E-state index contributed by atoms with van der Waals surface area (Å²) in [5.41, 5.74) is -0.601. The van der Waals surface area contributed by atoms with Crippen LogP contribution in [-0.2, 0) is 9.53 Å². The van der Waals surface area contributed by atoms with Gasteiger partial charge in [-0.1, -0.05) is 6.07 Å². The number of carbonyl (C=O) groups is 2. The van der Waals surface area contributed by atoms with Gasteiger partial charge < -0.3 is 19.0 Å². The molecule has 1 fully saturated rings. The second-order valence-corrected chi connectivity index (χ2v) is 6.49. The van der Waals surface area contributed by atoms with E-state index in [2.05, 4.69) is 0 Å². The van der Waals surface area contributed by atoms with E-state index in [1.54, 1.807) is 33.9 Å². The molecule has 0 N–H and O–H groups in total. The topological polar surface area (TPSA) is 65.1 Å². The Bertz CT molecular complexity index is 566. The van der Waals surface area contributed by atoms with Gasteiger partial charge in [0, 0.05) is 12.5 Å². The standard InChI is InChI=1S/C17H23NO5/c1-17(2,3)23-16(20)18-10-15(8-12(18)11-19)22-14-7-5-6-13(9-14)21-4/h5-7,9,11-12,15H,8,10H2,1-4H3/t12-,15-/m1/s1. The lowest BCUT2D eigenvalue weighted by Gasteiger charge is -2.26. The first-order valence-electron chi connectivity index (χ1n) is 7.58. The van der Waals surface area contributed by atoms with Gasteiger partial charge in [-0.25, -0.2) is 4.79 Å². The molecule has 1 amide bonds. The number of hydrogen-bond donors (Lipinski definition) is 0. The highest BCUT2D eigenvalue weighted by Gasteiger charge is 2.38. The van der Waals surface area contributed by atoms with Gasteiger partial charge in [-0.2, -0.15) is 0 Å². The largest absolute Gasteiger partial charge is 0.497 e. The van der Waals surface area contributed by atoms with Crippen LogP contribution in [0.4, 0.5) is 4.79 Å². The van der Waals surface area contributed by atoms with Gasteiger partial charge in [0.15, 0.2) is 0 Å². The molecule has 0 unspecified atom stereocenters. The van der Waals surface area contributed by atoms with E-state index >= 15 is 0 Å². The third-order valence-electron chi connectivity index (χ3n) is 3.43. The Labute approximate surface area is 136 Å². The maximum atomic E-state index is 12.2. The van der Waals surface area contributed by atoms with E-state index in [0.717, 1.165) is 6.29 Å². The lowest BCUT2D eigenvalue weighted by Crippen LogP contribution is -2.41. The number of methoxy groups -OCH3 is 1. The number of amides is 1. The first-order valence-corrected chi connectivity index (χ1v) is 7.58. The Morgan fingerprint density at radius 3 is 2.61 bits per heavy atom. The van der Waals surface area contributed by atoms with E-state index in [-0.39, 0.29) is 6.10 Å². The third kappa shape index (κ3) is 4.61. The van der Waals surface area contributed by atoms with Crippen molar-refractivity contribution in [1.82, 2.24) is 4.90 Å². The van der Waals surface area contributed by atoms with E-state index in [1.807, 2.05) is 18.2 Å². The summed E-state index contributed by atoms with van der Waals surface area (Å²) >= 11 is 0.